The molecule has 5 nitrogen and oxygen atoms in total. The van der Waals surface area contributed by atoms with Crippen molar-refractivity contribution in [3.05, 3.63) is 71.9 Å². The number of amides is 1. The molecule has 2 aromatic heterocycles. The Morgan fingerprint density at radius 1 is 0.909 bits per heavy atom. The van der Waals surface area contributed by atoms with Crippen LogP contribution in [0.4, 0.5) is 18.9 Å². The van der Waals surface area contributed by atoms with Crippen molar-refractivity contribution >= 4 is 17.2 Å². The summed E-state index contributed by atoms with van der Waals surface area (Å²) in [5.74, 6) is -0.510. The van der Waals surface area contributed by atoms with Gasteiger partial charge in [-0.3, -0.25) is 4.79 Å². The smallest absolute Gasteiger partial charge is 0.325 e. The number of imidazole rings is 1. The minimum Gasteiger partial charge on any atom is -0.325 e. The molecule has 0 spiro atoms. The van der Waals surface area contributed by atoms with Crippen molar-refractivity contribution in [1.82, 2.24) is 14.6 Å². The van der Waals surface area contributed by atoms with Crippen molar-refractivity contribution in [1.29, 1.82) is 0 Å². The third-order valence-corrected chi connectivity index (χ3v) is 5.22. The highest BCUT2D eigenvalue weighted by atomic mass is 19.4. The van der Waals surface area contributed by atoms with Crippen molar-refractivity contribution in [3.8, 4) is 22.5 Å². The van der Waals surface area contributed by atoms with E-state index in [1.807, 2.05) is 37.3 Å². The van der Waals surface area contributed by atoms with E-state index in [0.29, 0.717) is 16.9 Å². The van der Waals surface area contributed by atoms with E-state index >= 15 is 0 Å². The maximum Gasteiger partial charge on any atom is 0.418 e. The lowest BCUT2D eigenvalue weighted by molar-refractivity contribution is -0.137. The predicted molar refractivity (Wildman–Crippen MR) is 122 cm³/mol. The number of aryl methyl sites for hydroxylation is 1. The van der Waals surface area contributed by atoms with Gasteiger partial charge in [0.05, 0.1) is 28.8 Å². The van der Waals surface area contributed by atoms with Crippen molar-refractivity contribution in [3.63, 3.8) is 0 Å². The molecule has 0 saturated carbocycles. The van der Waals surface area contributed by atoms with E-state index < -0.39 is 23.1 Å². The standard InChI is InChI=1S/C25H23F3N4O/c1-15-5-7-16(8-6-15)19-11-12-22-29-21(14-32(22)31-19)17-9-10-18(25(26,27)28)20(13-17)30-23(33)24(2,3)4/h5-14H,1-4H3,(H,30,33). The van der Waals surface area contributed by atoms with Crippen LogP contribution in [0.2, 0.25) is 0 Å². The fourth-order valence-corrected chi connectivity index (χ4v) is 3.26. The summed E-state index contributed by atoms with van der Waals surface area (Å²) in [6, 6.07) is 15.2. The molecule has 0 fully saturated rings. The van der Waals surface area contributed by atoms with Crippen LogP contribution in [-0.4, -0.2) is 20.5 Å². The number of hydrogen-bond acceptors (Lipinski definition) is 3. The Bertz CT molecular complexity index is 1330. The summed E-state index contributed by atoms with van der Waals surface area (Å²) in [7, 11) is 0. The maximum absolute atomic E-state index is 13.5. The number of halogens is 3. The Morgan fingerprint density at radius 2 is 1.58 bits per heavy atom. The van der Waals surface area contributed by atoms with Gasteiger partial charge in [0.15, 0.2) is 5.65 Å². The van der Waals surface area contributed by atoms with Crippen LogP contribution in [0, 0.1) is 12.3 Å². The largest absolute Gasteiger partial charge is 0.418 e. The molecule has 0 aliphatic heterocycles. The predicted octanol–water partition coefficient (Wildman–Crippen LogP) is 6.38. The van der Waals surface area contributed by atoms with Gasteiger partial charge < -0.3 is 5.32 Å². The molecule has 0 bridgehead atoms. The number of rotatable bonds is 3. The Morgan fingerprint density at radius 3 is 2.21 bits per heavy atom. The second kappa shape index (κ2) is 8.03. The number of alkyl halides is 3. The molecular formula is C25H23F3N4O. The van der Waals surface area contributed by atoms with E-state index in [1.54, 1.807) is 37.5 Å². The third kappa shape index (κ3) is 4.74. The summed E-state index contributed by atoms with van der Waals surface area (Å²) in [5.41, 5.74) is 2.22. The second-order valence-corrected chi connectivity index (χ2v) is 8.98. The highest BCUT2D eigenvalue weighted by Gasteiger charge is 2.35. The van der Waals surface area contributed by atoms with Crippen LogP contribution < -0.4 is 5.32 Å². The molecule has 170 valence electrons. The van der Waals surface area contributed by atoms with Gasteiger partial charge in [0, 0.05) is 16.5 Å². The van der Waals surface area contributed by atoms with Crippen molar-refractivity contribution < 1.29 is 18.0 Å². The molecule has 0 aliphatic carbocycles. The molecule has 0 radical (unpaired) electrons. The molecule has 1 amide bonds. The van der Waals surface area contributed by atoms with Gasteiger partial charge in [0.1, 0.15) is 0 Å². The molecule has 2 aromatic carbocycles. The van der Waals surface area contributed by atoms with Gasteiger partial charge in [-0.2, -0.15) is 18.3 Å². The zero-order valence-electron chi connectivity index (χ0n) is 18.7. The lowest BCUT2D eigenvalue weighted by Crippen LogP contribution is -2.28. The van der Waals surface area contributed by atoms with Crippen LogP contribution >= 0.6 is 0 Å². The number of nitrogens with one attached hydrogen (secondary N) is 1. The summed E-state index contributed by atoms with van der Waals surface area (Å²) >= 11 is 0. The molecule has 33 heavy (non-hydrogen) atoms. The Balaban J connectivity index is 1.74. The zero-order chi connectivity index (χ0) is 24.0. The lowest BCUT2D eigenvalue weighted by Gasteiger charge is -2.20. The van der Waals surface area contributed by atoms with E-state index in [-0.39, 0.29) is 5.69 Å². The molecule has 0 unspecified atom stereocenters. The molecule has 0 atom stereocenters. The minimum atomic E-state index is -4.61. The number of carbonyl (C=O) groups is 1. The summed E-state index contributed by atoms with van der Waals surface area (Å²) in [6.45, 7) is 6.92. The van der Waals surface area contributed by atoms with Gasteiger partial charge in [-0.05, 0) is 31.2 Å². The monoisotopic (exact) mass is 452 g/mol. The first-order chi connectivity index (χ1) is 15.4. The summed E-state index contributed by atoms with van der Waals surface area (Å²) in [4.78, 5) is 16.9. The quantitative estimate of drug-likeness (QED) is 0.393. The van der Waals surface area contributed by atoms with Crippen LogP contribution in [0.5, 0.6) is 0 Å². The Hall–Kier alpha value is -3.68. The summed E-state index contributed by atoms with van der Waals surface area (Å²) in [6.07, 6.45) is -2.95. The van der Waals surface area contributed by atoms with Gasteiger partial charge >= 0.3 is 6.18 Å². The molecule has 0 aliphatic rings. The van der Waals surface area contributed by atoms with E-state index in [4.69, 9.17) is 0 Å². The third-order valence-electron chi connectivity index (χ3n) is 5.22. The first-order valence-corrected chi connectivity index (χ1v) is 10.4. The summed E-state index contributed by atoms with van der Waals surface area (Å²) < 4.78 is 42.2. The molecular weight excluding hydrogens is 429 g/mol. The van der Waals surface area contributed by atoms with Crippen molar-refractivity contribution in [2.45, 2.75) is 33.9 Å². The number of hydrogen-bond donors (Lipinski definition) is 1. The number of fused-ring (bicyclic) bond motifs is 1. The molecule has 2 heterocycles. The number of anilines is 1. The average Bonchev–Trinajstić information content (AvgIpc) is 3.16. The summed E-state index contributed by atoms with van der Waals surface area (Å²) in [5, 5.41) is 7.01. The average molecular weight is 452 g/mol. The van der Waals surface area contributed by atoms with E-state index in [9.17, 15) is 18.0 Å². The van der Waals surface area contributed by atoms with Crippen LogP contribution in [0.15, 0.2) is 60.8 Å². The zero-order valence-corrected chi connectivity index (χ0v) is 18.7. The van der Waals surface area contributed by atoms with Crippen LogP contribution in [-0.2, 0) is 11.0 Å². The lowest BCUT2D eigenvalue weighted by atomic mass is 9.95. The van der Waals surface area contributed by atoms with Gasteiger partial charge in [0.2, 0.25) is 5.91 Å². The minimum absolute atomic E-state index is 0.301. The maximum atomic E-state index is 13.5. The van der Waals surface area contributed by atoms with E-state index in [0.717, 1.165) is 22.9 Å². The van der Waals surface area contributed by atoms with Crippen LogP contribution in [0.1, 0.15) is 31.9 Å². The molecule has 4 rings (SSSR count). The fourth-order valence-electron chi connectivity index (χ4n) is 3.26. The molecule has 0 saturated heterocycles. The number of aromatic nitrogens is 3. The molecule has 4 aromatic rings. The fraction of sp³-hybridized carbons (Fsp3) is 0.240. The van der Waals surface area contributed by atoms with Gasteiger partial charge in [0.25, 0.3) is 0 Å². The highest BCUT2D eigenvalue weighted by Crippen LogP contribution is 2.37. The highest BCUT2D eigenvalue weighted by molar-refractivity contribution is 5.96. The van der Waals surface area contributed by atoms with E-state index in [2.05, 4.69) is 15.4 Å². The van der Waals surface area contributed by atoms with Gasteiger partial charge in [-0.15, -0.1) is 0 Å². The topological polar surface area (TPSA) is 59.3 Å². The number of benzene rings is 2. The Kier molecular flexibility index (Phi) is 5.47. The van der Waals surface area contributed by atoms with E-state index in [1.165, 1.54) is 12.1 Å². The molecule has 8 heteroatoms. The number of nitrogens with zero attached hydrogens (tertiary/aromatic N) is 3. The van der Waals surface area contributed by atoms with Gasteiger partial charge in [-0.1, -0.05) is 56.7 Å². The molecule has 1 N–H and O–H groups in total. The normalized spacial score (nSPS) is 12.2. The first kappa shape index (κ1) is 22.5. The van der Waals surface area contributed by atoms with Crippen molar-refractivity contribution in [2.24, 2.45) is 5.41 Å². The SMILES string of the molecule is Cc1ccc(-c2ccc3nc(-c4ccc(C(F)(F)F)c(NC(=O)C(C)(C)C)c4)cn3n2)cc1. The Labute approximate surface area is 189 Å². The van der Waals surface area contributed by atoms with Gasteiger partial charge in [-0.25, -0.2) is 9.50 Å². The van der Waals surface area contributed by atoms with Crippen LogP contribution in [0.3, 0.4) is 0 Å². The van der Waals surface area contributed by atoms with Crippen LogP contribution in [0.25, 0.3) is 28.2 Å². The number of carbonyl (C=O) groups excluding carboxylic acids is 1. The first-order valence-electron chi connectivity index (χ1n) is 10.4. The van der Waals surface area contributed by atoms with Crippen molar-refractivity contribution in [2.75, 3.05) is 5.32 Å². The second-order valence-electron chi connectivity index (χ2n) is 8.98.